The Morgan fingerprint density at radius 2 is 0.520 bits per heavy atom. The number of benzene rings is 14. The maximum absolute atomic E-state index is 2.67. The van der Waals surface area contributed by atoms with Crippen molar-refractivity contribution in [3.05, 3.63) is 226 Å². The fraction of sp³-hybridized carbons (Fsp3) is 0.286. The molecule has 1 aliphatic rings. The summed E-state index contributed by atoms with van der Waals surface area (Å²) in [5.41, 5.74) is 26.8. The summed E-state index contributed by atoms with van der Waals surface area (Å²) in [7, 11) is 0. The van der Waals surface area contributed by atoms with E-state index < -0.39 is 0 Å². The van der Waals surface area contributed by atoms with Crippen molar-refractivity contribution in [1.29, 1.82) is 0 Å². The lowest BCUT2D eigenvalue weighted by atomic mass is 9.76. The minimum Gasteiger partial charge on any atom is -0.0617 e. The highest BCUT2D eigenvalue weighted by molar-refractivity contribution is 6.47. The summed E-state index contributed by atoms with van der Waals surface area (Å²) < 4.78 is 0. The van der Waals surface area contributed by atoms with Crippen LogP contribution in [0.2, 0.25) is 0 Å². The van der Waals surface area contributed by atoms with Gasteiger partial charge in [0, 0.05) is 0 Å². The van der Waals surface area contributed by atoms with Crippen LogP contribution < -0.4 is 0 Å². The fourth-order valence-corrected chi connectivity index (χ4v) is 18.1. The highest BCUT2D eigenvalue weighted by atomic mass is 14.4. The quantitative estimate of drug-likeness (QED) is 0.105. The van der Waals surface area contributed by atoms with Crippen LogP contribution in [0.5, 0.6) is 0 Å². The van der Waals surface area contributed by atoms with Gasteiger partial charge in [-0.25, -0.2) is 0 Å². The van der Waals surface area contributed by atoms with Crippen LogP contribution in [0, 0.1) is 0 Å². The third kappa shape index (κ3) is 9.00. The van der Waals surface area contributed by atoms with Crippen molar-refractivity contribution >= 4 is 108 Å². The Morgan fingerprint density at radius 1 is 0.194 bits per heavy atom. The first-order valence-corrected chi connectivity index (χ1v) is 36.7. The number of hydrogen-bond acceptors (Lipinski definition) is 0. The van der Waals surface area contributed by atoms with E-state index in [4.69, 9.17) is 0 Å². The molecular formula is C98H94. The second-order valence-corrected chi connectivity index (χ2v) is 35.1. The lowest BCUT2D eigenvalue weighted by molar-refractivity contribution is 0.568. The van der Waals surface area contributed by atoms with Gasteiger partial charge in [0.1, 0.15) is 0 Å². The molecule has 486 valence electrons. The Bertz CT molecular complexity index is 5740. The number of fused-ring (bicyclic) bond motifs is 12. The van der Waals surface area contributed by atoms with Crippen molar-refractivity contribution in [1.82, 2.24) is 0 Å². The molecule has 0 saturated heterocycles. The molecule has 0 heterocycles. The van der Waals surface area contributed by atoms with Crippen LogP contribution in [0.15, 0.2) is 182 Å². The standard InChI is InChI=1S/C98H94/c1-51(2)62-24-21-25-63(52(3)4)84(62)55-30-31-66-69-32-34-71-73-38-40-77-92-78(41-39-74(91(73)92)72-35-37-76(79(66)46-55)89(69)90(71)72)94-86(57-44-60(97(15,16)17)48-61(45-57)98(18,19)20)83-50-81-75-36-33-70(87-64(53(5)6)26-22-27-65(87)54(7)8)67-28-23-29-68(88(67)75)80(81)49-82(83)85(93(77)94)56-42-58(95(9,10)11)47-59(43-56)96(12,13)14/h21-54H,1-20H3. The molecular weight excluding hydrogens is 1180 g/mol. The molecule has 0 nitrogen and oxygen atoms in total. The molecule has 0 fully saturated rings. The monoisotopic (exact) mass is 1270 g/mol. The average Bonchev–Trinajstić information content (AvgIpc) is 1.48. The second kappa shape index (κ2) is 21.2. The first kappa shape index (κ1) is 62.4. The largest absolute Gasteiger partial charge is 0.0617 e. The van der Waals surface area contributed by atoms with Gasteiger partial charge < -0.3 is 0 Å². The zero-order chi connectivity index (χ0) is 68.6. The third-order valence-electron chi connectivity index (χ3n) is 23.3. The molecule has 0 aliphatic heterocycles. The molecule has 16 aromatic carbocycles. The van der Waals surface area contributed by atoms with Gasteiger partial charge in [-0.3, -0.25) is 0 Å². The van der Waals surface area contributed by atoms with Crippen molar-refractivity contribution in [2.75, 3.05) is 0 Å². The molecule has 0 spiro atoms. The van der Waals surface area contributed by atoms with Gasteiger partial charge in [0.05, 0.1) is 0 Å². The number of hydrogen-bond donors (Lipinski definition) is 0. The Hall–Kier alpha value is -9.10. The zero-order valence-corrected chi connectivity index (χ0v) is 61.6. The zero-order valence-electron chi connectivity index (χ0n) is 61.6. The molecule has 0 N–H and O–H groups in total. The van der Waals surface area contributed by atoms with E-state index in [1.165, 1.54) is 219 Å². The van der Waals surface area contributed by atoms with Gasteiger partial charge in [-0.1, -0.05) is 302 Å². The third-order valence-corrected chi connectivity index (χ3v) is 23.3. The van der Waals surface area contributed by atoms with Crippen molar-refractivity contribution in [2.24, 2.45) is 0 Å². The SMILES string of the molecule is CC(C)c1cccc(C(C)C)c1-c1ccc2c(c1)-c1ccc3c4ccc5c6c(-c7cc(C(C)(C)C)cc(C(C)(C)C)c7)c7cc8c(cc7c(-c7cc(C(C)(C)C)cc(C(C)(C)C)c7)c6c6ccc(c7ccc-2c1c73)c4c65)c1cccc2c(-c3c(C(C)C)cccc3C(C)C)ccc8c21. The van der Waals surface area contributed by atoms with E-state index in [9.17, 15) is 0 Å². The lowest BCUT2D eigenvalue weighted by Crippen LogP contribution is -2.16. The molecule has 0 saturated carbocycles. The van der Waals surface area contributed by atoms with Crippen molar-refractivity contribution in [3.63, 3.8) is 0 Å². The summed E-state index contributed by atoms with van der Waals surface area (Å²) >= 11 is 0. The molecule has 0 aromatic heterocycles. The molecule has 0 radical (unpaired) electrons. The molecule has 0 unspecified atom stereocenters. The van der Waals surface area contributed by atoms with Crippen LogP contribution >= 0.6 is 0 Å². The minimum atomic E-state index is -0.106. The fourth-order valence-electron chi connectivity index (χ4n) is 18.1. The lowest BCUT2D eigenvalue weighted by Gasteiger charge is -2.28. The van der Waals surface area contributed by atoms with Gasteiger partial charge in [0.15, 0.2) is 0 Å². The molecule has 17 rings (SSSR count). The Kier molecular flexibility index (Phi) is 13.5. The normalized spacial score (nSPS) is 13.5. The average molecular weight is 1270 g/mol. The van der Waals surface area contributed by atoms with Crippen LogP contribution in [-0.2, 0) is 21.7 Å². The first-order valence-electron chi connectivity index (χ1n) is 36.7. The van der Waals surface area contributed by atoms with Gasteiger partial charge in [-0.05, 0) is 283 Å². The van der Waals surface area contributed by atoms with Crippen LogP contribution in [0.3, 0.4) is 0 Å². The van der Waals surface area contributed by atoms with Crippen molar-refractivity contribution < 1.29 is 0 Å². The predicted octanol–water partition coefficient (Wildman–Crippen LogP) is 29.5. The summed E-state index contributed by atoms with van der Waals surface area (Å²) in [6.07, 6.45) is 0. The molecule has 0 amide bonds. The minimum absolute atomic E-state index is 0.106. The smallest absolute Gasteiger partial charge is 0.000740 e. The summed E-state index contributed by atoms with van der Waals surface area (Å²) in [6, 6.07) is 74.3. The van der Waals surface area contributed by atoms with E-state index >= 15 is 0 Å². The van der Waals surface area contributed by atoms with E-state index in [2.05, 4.69) is 320 Å². The van der Waals surface area contributed by atoms with E-state index in [1.54, 1.807) is 0 Å². The summed E-state index contributed by atoms with van der Waals surface area (Å²) in [6.45, 7) is 47.6. The first-order chi connectivity index (χ1) is 46.5. The highest BCUT2D eigenvalue weighted by Crippen LogP contribution is 2.59. The number of rotatable bonds is 8. The maximum atomic E-state index is 2.67. The Morgan fingerprint density at radius 3 is 0.949 bits per heavy atom. The van der Waals surface area contributed by atoms with Gasteiger partial charge in [0.2, 0.25) is 0 Å². The van der Waals surface area contributed by atoms with Crippen LogP contribution in [0.1, 0.15) is 207 Å². The van der Waals surface area contributed by atoms with E-state index in [-0.39, 0.29) is 21.7 Å². The van der Waals surface area contributed by atoms with Gasteiger partial charge in [-0.15, -0.1) is 0 Å². The Balaban J connectivity index is 1.03. The van der Waals surface area contributed by atoms with Gasteiger partial charge >= 0.3 is 0 Å². The summed E-state index contributed by atoms with van der Waals surface area (Å²) in [4.78, 5) is 0. The molecule has 0 heteroatoms. The molecule has 98 heavy (non-hydrogen) atoms. The van der Waals surface area contributed by atoms with Crippen molar-refractivity contribution in [3.8, 4) is 66.8 Å². The van der Waals surface area contributed by atoms with Gasteiger partial charge in [0.25, 0.3) is 0 Å². The molecule has 1 aliphatic carbocycles. The maximum Gasteiger partial charge on any atom is -0.000740 e. The van der Waals surface area contributed by atoms with E-state index in [0.717, 1.165) is 0 Å². The highest BCUT2D eigenvalue weighted by Gasteiger charge is 2.33. The van der Waals surface area contributed by atoms with Crippen LogP contribution in [0.25, 0.3) is 174 Å². The Labute approximate surface area is 581 Å². The molecule has 16 aromatic rings. The second-order valence-electron chi connectivity index (χ2n) is 35.1. The summed E-state index contributed by atoms with van der Waals surface area (Å²) in [5, 5.41) is 26.8. The van der Waals surface area contributed by atoms with Crippen LogP contribution in [-0.4, -0.2) is 0 Å². The van der Waals surface area contributed by atoms with E-state index in [0.29, 0.717) is 23.7 Å². The molecule has 0 atom stereocenters. The summed E-state index contributed by atoms with van der Waals surface area (Å²) in [5.74, 6) is 1.58. The predicted molar refractivity (Wildman–Crippen MR) is 432 cm³/mol. The molecule has 0 bridgehead atoms. The van der Waals surface area contributed by atoms with Crippen LogP contribution in [0.4, 0.5) is 0 Å². The van der Waals surface area contributed by atoms with Gasteiger partial charge in [-0.2, -0.15) is 0 Å². The van der Waals surface area contributed by atoms with E-state index in [1.807, 2.05) is 0 Å². The van der Waals surface area contributed by atoms with Crippen molar-refractivity contribution in [2.45, 2.75) is 184 Å². The topological polar surface area (TPSA) is 0 Å².